The molecular formula is C23H26O6. The third kappa shape index (κ3) is 6.34. The number of carbonyl (C=O) groups excluding carboxylic acids is 1. The zero-order chi connectivity index (χ0) is 20.5. The van der Waals surface area contributed by atoms with Gasteiger partial charge in [0.05, 0.1) is 33.2 Å². The number of ether oxygens (including phenoxy) is 5. The summed E-state index contributed by atoms with van der Waals surface area (Å²) in [6.45, 7) is 2.46. The van der Waals surface area contributed by atoms with E-state index in [0.717, 1.165) is 16.9 Å². The van der Waals surface area contributed by atoms with Crippen LogP contribution in [-0.2, 0) is 37.0 Å². The molecule has 0 fully saturated rings. The molecule has 0 amide bonds. The Bertz CT molecular complexity index is 787. The van der Waals surface area contributed by atoms with E-state index < -0.39 is 18.3 Å². The van der Waals surface area contributed by atoms with E-state index in [4.69, 9.17) is 23.7 Å². The van der Waals surface area contributed by atoms with Gasteiger partial charge in [-0.05, 0) is 29.3 Å². The van der Waals surface area contributed by atoms with Crippen LogP contribution in [0, 0.1) is 0 Å². The molecule has 2 aromatic rings. The van der Waals surface area contributed by atoms with Crippen molar-refractivity contribution < 1.29 is 28.5 Å². The van der Waals surface area contributed by atoms with Crippen LogP contribution in [0.2, 0.25) is 0 Å². The topological polar surface area (TPSA) is 63.2 Å². The standard InChI is InChI=1S/C23H26O6/c1-17(24)29-23-21(28-15-18-6-4-3-5-7-18)12-13-27-22(23)16-26-14-19-8-10-20(25-2)11-9-19/h3-13,21-23H,14-16H2,1-2H3/t21-,22-,23+/m1/s1. The smallest absolute Gasteiger partial charge is 0.303 e. The molecule has 3 atom stereocenters. The summed E-state index contributed by atoms with van der Waals surface area (Å²) < 4.78 is 28.1. The highest BCUT2D eigenvalue weighted by molar-refractivity contribution is 5.66. The minimum Gasteiger partial charge on any atom is -0.497 e. The molecular weight excluding hydrogens is 372 g/mol. The van der Waals surface area contributed by atoms with E-state index in [2.05, 4.69) is 0 Å². The third-order valence-electron chi connectivity index (χ3n) is 4.51. The quantitative estimate of drug-likeness (QED) is 0.601. The molecule has 29 heavy (non-hydrogen) atoms. The van der Waals surface area contributed by atoms with Crippen molar-refractivity contribution in [3.63, 3.8) is 0 Å². The molecule has 0 aromatic heterocycles. The van der Waals surface area contributed by atoms with Gasteiger partial charge >= 0.3 is 5.97 Å². The van der Waals surface area contributed by atoms with Crippen LogP contribution in [-0.4, -0.2) is 38.0 Å². The largest absolute Gasteiger partial charge is 0.497 e. The van der Waals surface area contributed by atoms with Gasteiger partial charge in [0.25, 0.3) is 0 Å². The fourth-order valence-corrected chi connectivity index (χ4v) is 3.02. The number of hydrogen-bond acceptors (Lipinski definition) is 6. The maximum Gasteiger partial charge on any atom is 0.303 e. The summed E-state index contributed by atoms with van der Waals surface area (Å²) >= 11 is 0. The fraction of sp³-hybridized carbons (Fsp3) is 0.348. The van der Waals surface area contributed by atoms with Crippen LogP contribution < -0.4 is 4.74 Å². The van der Waals surface area contributed by atoms with Crippen molar-refractivity contribution in [1.29, 1.82) is 0 Å². The average Bonchev–Trinajstić information content (AvgIpc) is 2.74. The number of hydrogen-bond donors (Lipinski definition) is 0. The molecule has 0 unspecified atom stereocenters. The third-order valence-corrected chi connectivity index (χ3v) is 4.51. The normalized spacial score (nSPS) is 20.7. The van der Waals surface area contributed by atoms with Gasteiger partial charge in [0.1, 0.15) is 11.9 Å². The maximum atomic E-state index is 11.6. The van der Waals surface area contributed by atoms with Gasteiger partial charge in [-0.1, -0.05) is 42.5 Å². The SMILES string of the molecule is COc1ccc(COC[C@H]2OC=C[C@@H](OCc3ccccc3)[C@@H]2OC(C)=O)cc1. The molecule has 0 N–H and O–H groups in total. The molecule has 0 saturated heterocycles. The number of rotatable bonds is 9. The van der Waals surface area contributed by atoms with E-state index in [1.54, 1.807) is 19.4 Å². The Hall–Kier alpha value is -2.83. The van der Waals surface area contributed by atoms with E-state index in [1.165, 1.54) is 6.92 Å². The lowest BCUT2D eigenvalue weighted by Gasteiger charge is -2.33. The van der Waals surface area contributed by atoms with Crippen molar-refractivity contribution in [2.75, 3.05) is 13.7 Å². The molecule has 0 bridgehead atoms. The molecule has 1 heterocycles. The monoisotopic (exact) mass is 398 g/mol. The summed E-state index contributed by atoms with van der Waals surface area (Å²) in [6.07, 6.45) is 1.88. The predicted octanol–water partition coefficient (Wildman–Crippen LogP) is 3.64. The Kier molecular flexibility index (Phi) is 7.67. The van der Waals surface area contributed by atoms with Crippen LogP contribution in [0.15, 0.2) is 66.9 Å². The second-order valence-electron chi connectivity index (χ2n) is 6.70. The highest BCUT2D eigenvalue weighted by Crippen LogP contribution is 2.21. The summed E-state index contributed by atoms with van der Waals surface area (Å²) in [5, 5.41) is 0. The summed E-state index contributed by atoms with van der Waals surface area (Å²) in [7, 11) is 1.63. The molecule has 154 valence electrons. The zero-order valence-electron chi connectivity index (χ0n) is 16.7. The minimum absolute atomic E-state index is 0.263. The molecule has 0 saturated carbocycles. The molecule has 0 aliphatic carbocycles. The van der Waals surface area contributed by atoms with Gasteiger partial charge in [-0.25, -0.2) is 0 Å². The molecule has 1 aliphatic rings. The average molecular weight is 398 g/mol. The van der Waals surface area contributed by atoms with Gasteiger partial charge < -0.3 is 23.7 Å². The van der Waals surface area contributed by atoms with Gasteiger partial charge in [-0.3, -0.25) is 4.79 Å². The van der Waals surface area contributed by atoms with E-state index in [0.29, 0.717) is 13.2 Å². The first-order valence-electron chi connectivity index (χ1n) is 9.51. The molecule has 0 radical (unpaired) electrons. The Morgan fingerprint density at radius 1 is 1.00 bits per heavy atom. The van der Waals surface area contributed by atoms with Gasteiger partial charge in [0, 0.05) is 6.92 Å². The maximum absolute atomic E-state index is 11.6. The van der Waals surface area contributed by atoms with Crippen LogP contribution in [0.3, 0.4) is 0 Å². The molecule has 1 aliphatic heterocycles. The van der Waals surface area contributed by atoms with Gasteiger partial charge in [-0.2, -0.15) is 0 Å². The second kappa shape index (κ2) is 10.6. The lowest BCUT2D eigenvalue weighted by Crippen LogP contribution is -2.46. The van der Waals surface area contributed by atoms with E-state index in [9.17, 15) is 4.79 Å². The van der Waals surface area contributed by atoms with Crippen LogP contribution >= 0.6 is 0 Å². The molecule has 6 nitrogen and oxygen atoms in total. The fourth-order valence-electron chi connectivity index (χ4n) is 3.02. The second-order valence-corrected chi connectivity index (χ2v) is 6.70. The van der Waals surface area contributed by atoms with Crippen LogP contribution in [0.1, 0.15) is 18.1 Å². The van der Waals surface area contributed by atoms with Crippen molar-refractivity contribution in [3.8, 4) is 5.75 Å². The molecule has 6 heteroatoms. The van der Waals surface area contributed by atoms with Crippen molar-refractivity contribution >= 4 is 5.97 Å². The Morgan fingerprint density at radius 2 is 1.72 bits per heavy atom. The van der Waals surface area contributed by atoms with Gasteiger partial charge in [0.2, 0.25) is 0 Å². The lowest BCUT2D eigenvalue weighted by atomic mass is 10.1. The van der Waals surface area contributed by atoms with Gasteiger partial charge in [0.15, 0.2) is 12.2 Å². The summed E-state index contributed by atoms with van der Waals surface area (Å²) in [5.41, 5.74) is 2.05. The molecule has 3 rings (SSSR count). The first kappa shape index (κ1) is 20.9. The Balaban J connectivity index is 1.57. The highest BCUT2D eigenvalue weighted by atomic mass is 16.6. The summed E-state index contributed by atoms with van der Waals surface area (Å²) in [4.78, 5) is 11.6. The van der Waals surface area contributed by atoms with E-state index >= 15 is 0 Å². The minimum atomic E-state index is -0.586. The lowest BCUT2D eigenvalue weighted by molar-refractivity contribution is -0.172. The van der Waals surface area contributed by atoms with Crippen molar-refractivity contribution in [2.24, 2.45) is 0 Å². The van der Waals surface area contributed by atoms with Crippen molar-refractivity contribution in [1.82, 2.24) is 0 Å². The van der Waals surface area contributed by atoms with E-state index in [1.807, 2.05) is 54.6 Å². The number of carbonyl (C=O) groups is 1. The van der Waals surface area contributed by atoms with E-state index in [-0.39, 0.29) is 12.6 Å². The summed E-state index contributed by atoms with van der Waals surface area (Å²) in [5.74, 6) is 0.408. The molecule has 2 aromatic carbocycles. The Labute approximate surface area is 171 Å². The van der Waals surface area contributed by atoms with Crippen molar-refractivity contribution in [3.05, 3.63) is 78.1 Å². The van der Waals surface area contributed by atoms with Crippen molar-refractivity contribution in [2.45, 2.75) is 38.4 Å². The number of methoxy groups -OCH3 is 1. The summed E-state index contributed by atoms with van der Waals surface area (Å²) in [6, 6.07) is 17.5. The number of benzene rings is 2. The van der Waals surface area contributed by atoms with Gasteiger partial charge in [-0.15, -0.1) is 0 Å². The molecule has 0 spiro atoms. The first-order valence-corrected chi connectivity index (χ1v) is 9.51. The predicted molar refractivity (Wildman–Crippen MR) is 107 cm³/mol. The van der Waals surface area contributed by atoms with Crippen LogP contribution in [0.4, 0.5) is 0 Å². The Morgan fingerprint density at radius 3 is 2.41 bits per heavy atom. The number of esters is 1. The van der Waals surface area contributed by atoms with Crippen LogP contribution in [0.25, 0.3) is 0 Å². The van der Waals surface area contributed by atoms with Crippen LogP contribution in [0.5, 0.6) is 5.75 Å². The first-order chi connectivity index (χ1) is 14.2. The zero-order valence-corrected chi connectivity index (χ0v) is 16.7. The highest BCUT2D eigenvalue weighted by Gasteiger charge is 2.36.